The number of carbonyl (C=O) groups is 2. The van der Waals surface area contributed by atoms with Gasteiger partial charge in [-0.15, -0.1) is 0 Å². The second kappa shape index (κ2) is 8.33. The Morgan fingerprint density at radius 3 is 2.35 bits per heavy atom. The van der Waals surface area contributed by atoms with Crippen LogP contribution in [0.15, 0.2) is 53.4 Å². The summed E-state index contributed by atoms with van der Waals surface area (Å²) < 4.78 is 28.3. The standard InChI is InChI=1S/C18H18ClNO5S/c1-3-20(13-7-5-4-6-8-13)17(21)12-25-18(22)15-11-14(26(2,23)24)9-10-16(15)19/h4-11H,3,12H2,1-2H3. The molecule has 0 N–H and O–H groups in total. The molecule has 0 unspecified atom stereocenters. The van der Waals surface area contributed by atoms with E-state index < -0.39 is 28.3 Å². The van der Waals surface area contributed by atoms with Crippen molar-refractivity contribution < 1.29 is 22.7 Å². The highest BCUT2D eigenvalue weighted by atomic mass is 35.5. The molecule has 0 atom stereocenters. The maximum atomic E-state index is 12.3. The number of amides is 1. The third kappa shape index (κ3) is 4.83. The van der Waals surface area contributed by atoms with Gasteiger partial charge in [0, 0.05) is 18.5 Å². The number of rotatable bonds is 6. The molecule has 138 valence electrons. The van der Waals surface area contributed by atoms with Gasteiger partial charge in [0.1, 0.15) is 0 Å². The second-order valence-corrected chi connectivity index (χ2v) is 7.89. The summed E-state index contributed by atoms with van der Waals surface area (Å²) in [5.74, 6) is -1.26. The van der Waals surface area contributed by atoms with Crippen LogP contribution in [-0.4, -0.2) is 39.7 Å². The molecule has 26 heavy (non-hydrogen) atoms. The zero-order valence-electron chi connectivity index (χ0n) is 14.3. The lowest BCUT2D eigenvalue weighted by Crippen LogP contribution is -2.34. The molecule has 0 aromatic heterocycles. The van der Waals surface area contributed by atoms with Crippen LogP contribution in [-0.2, 0) is 19.4 Å². The van der Waals surface area contributed by atoms with Gasteiger partial charge >= 0.3 is 5.97 Å². The van der Waals surface area contributed by atoms with Crippen molar-refractivity contribution in [2.75, 3.05) is 24.3 Å². The molecule has 8 heteroatoms. The topological polar surface area (TPSA) is 80.8 Å². The van der Waals surface area contributed by atoms with E-state index in [4.69, 9.17) is 16.3 Å². The van der Waals surface area contributed by atoms with Crippen LogP contribution < -0.4 is 4.90 Å². The molecule has 2 rings (SSSR count). The number of hydrogen-bond donors (Lipinski definition) is 0. The zero-order chi connectivity index (χ0) is 19.3. The van der Waals surface area contributed by atoms with Gasteiger partial charge in [-0.1, -0.05) is 29.8 Å². The summed E-state index contributed by atoms with van der Waals surface area (Å²) in [4.78, 5) is 26.0. The average molecular weight is 396 g/mol. The largest absolute Gasteiger partial charge is 0.452 e. The highest BCUT2D eigenvalue weighted by Gasteiger charge is 2.20. The first-order valence-electron chi connectivity index (χ1n) is 7.76. The maximum Gasteiger partial charge on any atom is 0.340 e. The number of carbonyl (C=O) groups excluding carboxylic acids is 2. The fourth-order valence-corrected chi connectivity index (χ4v) is 3.13. The number of para-hydroxylation sites is 1. The first kappa shape index (κ1) is 19.9. The monoisotopic (exact) mass is 395 g/mol. The number of anilines is 1. The van der Waals surface area contributed by atoms with Gasteiger partial charge in [0.2, 0.25) is 0 Å². The van der Waals surface area contributed by atoms with Crippen molar-refractivity contribution in [2.24, 2.45) is 0 Å². The van der Waals surface area contributed by atoms with Gasteiger partial charge in [0.05, 0.1) is 15.5 Å². The lowest BCUT2D eigenvalue weighted by molar-refractivity contribution is -0.121. The van der Waals surface area contributed by atoms with Gasteiger partial charge in [-0.3, -0.25) is 4.79 Å². The van der Waals surface area contributed by atoms with Crippen LogP contribution >= 0.6 is 11.6 Å². The highest BCUT2D eigenvalue weighted by molar-refractivity contribution is 7.90. The second-order valence-electron chi connectivity index (χ2n) is 5.46. The zero-order valence-corrected chi connectivity index (χ0v) is 15.9. The van der Waals surface area contributed by atoms with Crippen molar-refractivity contribution in [1.29, 1.82) is 0 Å². The minimum Gasteiger partial charge on any atom is -0.452 e. The van der Waals surface area contributed by atoms with E-state index in [1.54, 1.807) is 31.2 Å². The van der Waals surface area contributed by atoms with E-state index in [0.717, 1.165) is 12.3 Å². The number of likely N-dealkylation sites (N-methyl/N-ethyl adjacent to an activating group) is 1. The molecule has 0 spiro atoms. The van der Waals surface area contributed by atoms with Crippen LogP contribution in [0.5, 0.6) is 0 Å². The molecule has 0 aliphatic heterocycles. The van der Waals surface area contributed by atoms with Crippen molar-refractivity contribution in [3.8, 4) is 0 Å². The molecule has 0 heterocycles. The molecule has 0 radical (unpaired) electrons. The van der Waals surface area contributed by atoms with E-state index in [0.29, 0.717) is 12.2 Å². The van der Waals surface area contributed by atoms with Gasteiger partial charge < -0.3 is 9.64 Å². The Labute approximate surface area is 157 Å². The Kier molecular flexibility index (Phi) is 6.39. The predicted molar refractivity (Wildman–Crippen MR) is 99.3 cm³/mol. The van der Waals surface area contributed by atoms with Crippen molar-refractivity contribution in [3.63, 3.8) is 0 Å². The van der Waals surface area contributed by atoms with E-state index in [9.17, 15) is 18.0 Å². The summed E-state index contributed by atoms with van der Waals surface area (Å²) in [5, 5.41) is 0.0465. The van der Waals surface area contributed by atoms with E-state index in [2.05, 4.69) is 0 Å². The molecule has 0 aliphatic carbocycles. The molecule has 0 saturated heterocycles. The number of halogens is 1. The molecule has 0 aliphatic rings. The van der Waals surface area contributed by atoms with Gasteiger partial charge in [0.25, 0.3) is 5.91 Å². The Morgan fingerprint density at radius 2 is 1.77 bits per heavy atom. The third-order valence-electron chi connectivity index (χ3n) is 3.60. The molecule has 0 fully saturated rings. The summed E-state index contributed by atoms with van der Waals surface area (Å²) in [6, 6.07) is 12.7. The molecule has 0 bridgehead atoms. The fraction of sp³-hybridized carbons (Fsp3) is 0.222. The van der Waals surface area contributed by atoms with Gasteiger partial charge in [0.15, 0.2) is 16.4 Å². The summed E-state index contributed by atoms with van der Waals surface area (Å²) >= 11 is 5.95. The van der Waals surface area contributed by atoms with Gasteiger partial charge in [-0.2, -0.15) is 0 Å². The normalized spacial score (nSPS) is 11.0. The quantitative estimate of drug-likeness (QED) is 0.702. The lowest BCUT2D eigenvalue weighted by Gasteiger charge is -2.20. The van der Waals surface area contributed by atoms with Crippen LogP contribution in [0.25, 0.3) is 0 Å². The van der Waals surface area contributed by atoms with Gasteiger partial charge in [-0.05, 0) is 37.3 Å². The Bertz CT molecular complexity index is 912. The van der Waals surface area contributed by atoms with Crippen molar-refractivity contribution in [1.82, 2.24) is 0 Å². The summed E-state index contributed by atoms with van der Waals surface area (Å²) in [5.41, 5.74) is 0.582. The van der Waals surface area contributed by atoms with Crippen LogP contribution in [0.2, 0.25) is 5.02 Å². The number of sulfone groups is 1. The van der Waals surface area contributed by atoms with E-state index in [1.165, 1.54) is 17.0 Å². The Morgan fingerprint density at radius 1 is 1.12 bits per heavy atom. The number of hydrogen-bond acceptors (Lipinski definition) is 5. The van der Waals surface area contributed by atoms with Crippen LogP contribution in [0.3, 0.4) is 0 Å². The molecule has 1 amide bonds. The molecule has 2 aromatic carbocycles. The average Bonchev–Trinajstić information content (AvgIpc) is 2.60. The first-order chi connectivity index (χ1) is 12.2. The molecular formula is C18H18ClNO5S. The van der Waals surface area contributed by atoms with Crippen LogP contribution in [0.1, 0.15) is 17.3 Å². The molecule has 0 saturated carbocycles. The van der Waals surface area contributed by atoms with Crippen molar-refractivity contribution in [2.45, 2.75) is 11.8 Å². The van der Waals surface area contributed by atoms with Crippen molar-refractivity contribution >= 4 is 39.0 Å². The highest BCUT2D eigenvalue weighted by Crippen LogP contribution is 2.21. The smallest absolute Gasteiger partial charge is 0.340 e. The predicted octanol–water partition coefficient (Wildman–Crippen LogP) is 2.95. The summed E-state index contributed by atoms with van der Waals surface area (Å²) in [6.07, 6.45) is 1.02. The summed E-state index contributed by atoms with van der Waals surface area (Å²) in [7, 11) is -3.50. The summed E-state index contributed by atoms with van der Waals surface area (Å²) in [6.45, 7) is 1.73. The van der Waals surface area contributed by atoms with Gasteiger partial charge in [-0.25, -0.2) is 13.2 Å². The maximum absolute atomic E-state index is 12.3. The van der Waals surface area contributed by atoms with E-state index >= 15 is 0 Å². The number of ether oxygens (including phenoxy) is 1. The number of nitrogens with zero attached hydrogens (tertiary/aromatic N) is 1. The van der Waals surface area contributed by atoms with Crippen molar-refractivity contribution in [3.05, 3.63) is 59.1 Å². The first-order valence-corrected chi connectivity index (χ1v) is 10.0. The molecule has 6 nitrogen and oxygen atoms in total. The fourth-order valence-electron chi connectivity index (χ4n) is 2.29. The molecular weight excluding hydrogens is 378 g/mol. The minimum atomic E-state index is -3.50. The minimum absolute atomic E-state index is 0.0465. The SMILES string of the molecule is CCN(C(=O)COC(=O)c1cc(S(C)(=O)=O)ccc1Cl)c1ccccc1. The number of esters is 1. The Balaban J connectivity index is 2.12. The third-order valence-corrected chi connectivity index (χ3v) is 5.04. The molecule has 2 aromatic rings. The van der Waals surface area contributed by atoms with Crippen LogP contribution in [0.4, 0.5) is 5.69 Å². The van der Waals surface area contributed by atoms with E-state index in [-0.39, 0.29) is 15.5 Å². The Hall–Kier alpha value is -2.38. The van der Waals surface area contributed by atoms with E-state index in [1.807, 2.05) is 6.07 Å². The number of benzene rings is 2. The lowest BCUT2D eigenvalue weighted by atomic mass is 10.2. The van der Waals surface area contributed by atoms with Crippen LogP contribution in [0, 0.1) is 0 Å².